The number of nitrogens with one attached hydrogen (secondary N) is 1. The minimum absolute atomic E-state index is 0. The number of rotatable bonds is 7. The number of hydrogen-bond donors (Lipinski definition) is 1. The van der Waals surface area contributed by atoms with Gasteiger partial charge in [-0.1, -0.05) is 30.1 Å². The molecule has 3 rings (SSSR count). The maximum Gasteiger partial charge on any atom is 0.255 e. The van der Waals surface area contributed by atoms with E-state index in [2.05, 4.69) is 17.1 Å². The van der Waals surface area contributed by atoms with Crippen molar-refractivity contribution in [1.29, 1.82) is 0 Å². The van der Waals surface area contributed by atoms with Crippen molar-refractivity contribution in [3.63, 3.8) is 0 Å². The summed E-state index contributed by atoms with van der Waals surface area (Å²) in [7, 11) is 1.60. The van der Waals surface area contributed by atoms with Crippen LogP contribution in [-0.2, 0) is 0 Å². The van der Waals surface area contributed by atoms with Gasteiger partial charge in [0, 0.05) is 23.9 Å². The number of halogens is 3. The monoisotopic (exact) mass is 486 g/mol. The number of aryl methyl sites for hydroxylation is 1. The van der Waals surface area contributed by atoms with E-state index >= 15 is 0 Å². The first kappa shape index (κ1) is 25.6. The Labute approximate surface area is 200 Å². The van der Waals surface area contributed by atoms with Crippen LogP contribution in [-0.4, -0.2) is 44.2 Å². The molecule has 1 aliphatic rings. The van der Waals surface area contributed by atoms with Gasteiger partial charge in [0.15, 0.2) is 11.5 Å². The summed E-state index contributed by atoms with van der Waals surface area (Å²) < 4.78 is 11.4. The summed E-state index contributed by atoms with van der Waals surface area (Å²) in [5.41, 5.74) is 1.85. The Morgan fingerprint density at radius 2 is 1.81 bits per heavy atom. The Bertz CT molecular complexity index is 900. The van der Waals surface area contributed by atoms with Crippen LogP contribution in [0.15, 0.2) is 30.3 Å². The highest BCUT2D eigenvalue weighted by molar-refractivity contribution is 6.42. The molecule has 0 saturated carbocycles. The van der Waals surface area contributed by atoms with Crippen molar-refractivity contribution in [3.8, 4) is 11.5 Å². The number of ether oxygens (including phenoxy) is 2. The fourth-order valence-corrected chi connectivity index (χ4v) is 3.91. The van der Waals surface area contributed by atoms with Gasteiger partial charge in [-0.05, 0) is 68.6 Å². The molecule has 0 bridgehead atoms. The number of amides is 1. The number of benzene rings is 2. The Morgan fingerprint density at radius 1 is 1.13 bits per heavy atom. The molecule has 1 heterocycles. The normalized spacial score (nSPS) is 14.6. The second-order valence-corrected chi connectivity index (χ2v) is 8.59. The van der Waals surface area contributed by atoms with E-state index in [9.17, 15) is 4.79 Å². The van der Waals surface area contributed by atoms with E-state index in [1.807, 2.05) is 6.92 Å². The summed E-state index contributed by atoms with van der Waals surface area (Å²) in [4.78, 5) is 15.1. The standard InChI is InChI=1S/C23H28Cl2N2O3.ClH/c1-15-6-8-27(9-7-15)10-11-30-22-13-17(4-5-21(22)29-3)26-23(28)18-14-20(25)19(24)12-16(18)2;/h4-5,12-15H,6-11H2,1-3H3,(H,26,28);1H. The summed E-state index contributed by atoms with van der Waals surface area (Å²) in [6.45, 7) is 7.78. The van der Waals surface area contributed by atoms with Crippen molar-refractivity contribution in [3.05, 3.63) is 51.5 Å². The van der Waals surface area contributed by atoms with Crippen molar-refractivity contribution in [1.82, 2.24) is 4.90 Å². The molecule has 0 atom stereocenters. The van der Waals surface area contributed by atoms with Gasteiger partial charge in [0.1, 0.15) is 6.61 Å². The molecule has 0 spiro atoms. The van der Waals surface area contributed by atoms with Gasteiger partial charge in [0.05, 0.1) is 17.2 Å². The quantitative estimate of drug-likeness (QED) is 0.513. The molecule has 8 heteroatoms. The maximum atomic E-state index is 12.7. The van der Waals surface area contributed by atoms with E-state index in [1.165, 1.54) is 12.8 Å². The molecule has 31 heavy (non-hydrogen) atoms. The zero-order valence-electron chi connectivity index (χ0n) is 18.0. The van der Waals surface area contributed by atoms with Crippen molar-refractivity contribution < 1.29 is 14.3 Å². The lowest BCUT2D eigenvalue weighted by molar-refractivity contribution is 0.102. The number of piperidine rings is 1. The number of likely N-dealkylation sites (tertiary alicyclic amines) is 1. The summed E-state index contributed by atoms with van der Waals surface area (Å²) >= 11 is 12.1. The van der Waals surface area contributed by atoms with Crippen LogP contribution in [0.4, 0.5) is 5.69 Å². The molecule has 0 unspecified atom stereocenters. The topological polar surface area (TPSA) is 50.8 Å². The summed E-state index contributed by atoms with van der Waals surface area (Å²) in [5, 5.41) is 3.67. The van der Waals surface area contributed by atoms with Gasteiger partial charge in [-0.2, -0.15) is 0 Å². The second kappa shape index (κ2) is 11.8. The average Bonchev–Trinajstić information content (AvgIpc) is 2.72. The molecule has 1 fully saturated rings. The summed E-state index contributed by atoms with van der Waals surface area (Å²) in [5.74, 6) is 1.78. The Kier molecular flexibility index (Phi) is 9.76. The second-order valence-electron chi connectivity index (χ2n) is 7.77. The molecule has 5 nitrogen and oxygen atoms in total. The smallest absolute Gasteiger partial charge is 0.255 e. The predicted octanol–water partition coefficient (Wildman–Crippen LogP) is 6.10. The number of nitrogens with zero attached hydrogens (tertiary/aromatic N) is 1. The predicted molar refractivity (Wildman–Crippen MR) is 130 cm³/mol. The zero-order valence-corrected chi connectivity index (χ0v) is 20.4. The number of carbonyl (C=O) groups is 1. The van der Waals surface area contributed by atoms with Gasteiger partial charge in [-0.25, -0.2) is 0 Å². The Balaban J connectivity index is 0.00000341. The lowest BCUT2D eigenvalue weighted by atomic mass is 9.99. The van der Waals surface area contributed by atoms with Crippen LogP contribution >= 0.6 is 35.6 Å². The van der Waals surface area contributed by atoms with Gasteiger partial charge in [0.25, 0.3) is 5.91 Å². The first-order valence-corrected chi connectivity index (χ1v) is 10.9. The fourth-order valence-electron chi connectivity index (χ4n) is 3.53. The van der Waals surface area contributed by atoms with E-state index in [1.54, 1.807) is 37.4 Å². The van der Waals surface area contributed by atoms with Gasteiger partial charge >= 0.3 is 0 Å². The molecule has 1 amide bonds. The van der Waals surface area contributed by atoms with Crippen molar-refractivity contribution >= 4 is 47.2 Å². The van der Waals surface area contributed by atoms with Crippen LogP contribution < -0.4 is 14.8 Å². The van der Waals surface area contributed by atoms with Crippen molar-refractivity contribution in [2.24, 2.45) is 5.92 Å². The minimum Gasteiger partial charge on any atom is -0.493 e. The molecule has 1 N–H and O–H groups in total. The van der Waals surface area contributed by atoms with Gasteiger partial charge in [-0.15, -0.1) is 12.4 Å². The number of anilines is 1. The van der Waals surface area contributed by atoms with Crippen LogP contribution in [0, 0.1) is 12.8 Å². The van der Waals surface area contributed by atoms with Crippen LogP contribution in [0.1, 0.15) is 35.7 Å². The van der Waals surface area contributed by atoms with Crippen molar-refractivity contribution in [2.45, 2.75) is 26.7 Å². The third-order valence-corrected chi connectivity index (χ3v) is 6.20. The van der Waals surface area contributed by atoms with E-state index < -0.39 is 0 Å². The maximum absolute atomic E-state index is 12.7. The highest BCUT2D eigenvalue weighted by Crippen LogP contribution is 2.31. The molecule has 0 aromatic heterocycles. The Morgan fingerprint density at radius 3 is 2.48 bits per heavy atom. The summed E-state index contributed by atoms with van der Waals surface area (Å²) in [6, 6.07) is 8.61. The molecule has 1 aliphatic heterocycles. The van der Waals surface area contributed by atoms with Gasteiger partial charge in [-0.3, -0.25) is 9.69 Å². The average molecular weight is 488 g/mol. The molecular weight excluding hydrogens is 459 g/mol. The third-order valence-electron chi connectivity index (χ3n) is 5.47. The highest BCUT2D eigenvalue weighted by atomic mass is 35.5. The van der Waals surface area contributed by atoms with Crippen LogP contribution in [0.3, 0.4) is 0 Å². The molecule has 2 aromatic rings. The number of carbonyl (C=O) groups excluding carboxylic acids is 1. The molecule has 170 valence electrons. The number of hydrogen-bond acceptors (Lipinski definition) is 4. The number of methoxy groups -OCH3 is 1. The van der Waals surface area contributed by atoms with Crippen LogP contribution in [0.2, 0.25) is 10.0 Å². The summed E-state index contributed by atoms with van der Waals surface area (Å²) in [6.07, 6.45) is 2.47. The zero-order chi connectivity index (χ0) is 21.7. The van der Waals surface area contributed by atoms with E-state index in [0.717, 1.165) is 31.1 Å². The van der Waals surface area contributed by atoms with Crippen molar-refractivity contribution in [2.75, 3.05) is 38.7 Å². The molecular formula is C23H29Cl3N2O3. The fraction of sp³-hybridized carbons (Fsp3) is 0.435. The SMILES string of the molecule is COc1ccc(NC(=O)c2cc(Cl)c(Cl)cc2C)cc1OCCN1CCC(C)CC1.Cl. The lowest BCUT2D eigenvalue weighted by Gasteiger charge is -2.30. The Hall–Kier alpha value is -1.66. The third kappa shape index (κ3) is 6.91. The first-order chi connectivity index (χ1) is 14.4. The van der Waals surface area contributed by atoms with Crippen LogP contribution in [0.5, 0.6) is 11.5 Å². The van der Waals surface area contributed by atoms with Gasteiger partial charge < -0.3 is 14.8 Å². The van der Waals surface area contributed by atoms with E-state index in [4.69, 9.17) is 32.7 Å². The highest BCUT2D eigenvalue weighted by Gasteiger charge is 2.16. The van der Waals surface area contributed by atoms with E-state index in [0.29, 0.717) is 39.4 Å². The van der Waals surface area contributed by atoms with Crippen LogP contribution in [0.25, 0.3) is 0 Å². The molecule has 0 aliphatic carbocycles. The van der Waals surface area contributed by atoms with Gasteiger partial charge in [0.2, 0.25) is 0 Å². The minimum atomic E-state index is -0.260. The largest absolute Gasteiger partial charge is 0.493 e. The lowest BCUT2D eigenvalue weighted by Crippen LogP contribution is -2.35. The molecule has 1 saturated heterocycles. The first-order valence-electron chi connectivity index (χ1n) is 10.2. The molecule has 2 aromatic carbocycles. The van der Waals surface area contributed by atoms with E-state index in [-0.39, 0.29) is 18.3 Å². The molecule has 0 radical (unpaired) electrons.